The quantitative estimate of drug-likeness (QED) is 0.256. The summed E-state index contributed by atoms with van der Waals surface area (Å²) in [5, 5.41) is 0. The Morgan fingerprint density at radius 3 is 1.71 bits per heavy atom. The summed E-state index contributed by atoms with van der Waals surface area (Å²) in [5.74, 6) is 0. The Bertz CT molecular complexity index is 326. The third kappa shape index (κ3) is 10.6. The fourth-order valence-corrected chi connectivity index (χ4v) is 7.77. The first kappa shape index (κ1) is 19.4. The van der Waals surface area contributed by atoms with Crippen LogP contribution in [-0.2, 0) is 0 Å². The molecule has 0 atom stereocenters. The van der Waals surface area contributed by atoms with E-state index in [1.165, 1.54) is 78.5 Å². The third-order valence-electron chi connectivity index (χ3n) is 3.99. The van der Waals surface area contributed by atoms with Crippen LogP contribution in [0.1, 0.15) is 77.6 Å². The Hall–Kier alpha value is 0.328. The van der Waals surface area contributed by atoms with Crippen LogP contribution in [0.5, 0.6) is 0 Å². The SMILES string of the molecule is CCCCCCCCCCCC[CH2][Sb]([Cl])[c]1ccccc1. The average Bonchev–Trinajstić information content (AvgIpc) is 2.53. The molecule has 0 fully saturated rings. The summed E-state index contributed by atoms with van der Waals surface area (Å²) < 4.78 is 2.75. The predicted octanol–water partition coefficient (Wildman–Crippen LogP) is 6.43. The van der Waals surface area contributed by atoms with Crippen LogP contribution in [0.2, 0.25) is 4.37 Å². The van der Waals surface area contributed by atoms with Crippen molar-refractivity contribution in [3.05, 3.63) is 30.3 Å². The van der Waals surface area contributed by atoms with Crippen LogP contribution >= 0.6 is 8.83 Å². The van der Waals surface area contributed by atoms with Gasteiger partial charge in [0.05, 0.1) is 0 Å². The molecule has 0 unspecified atom stereocenters. The molecule has 0 aliphatic rings. The first-order valence-electron chi connectivity index (χ1n) is 8.83. The van der Waals surface area contributed by atoms with Crippen molar-refractivity contribution in [3.8, 4) is 0 Å². The van der Waals surface area contributed by atoms with Crippen LogP contribution in [0.15, 0.2) is 30.3 Å². The fraction of sp³-hybridized carbons (Fsp3) is 0.684. The van der Waals surface area contributed by atoms with Crippen molar-refractivity contribution >= 4 is 31.4 Å². The van der Waals surface area contributed by atoms with E-state index in [2.05, 4.69) is 37.3 Å². The second-order valence-corrected chi connectivity index (χ2v) is 13.5. The van der Waals surface area contributed by atoms with E-state index in [0.29, 0.717) is 0 Å². The molecule has 0 nitrogen and oxygen atoms in total. The summed E-state index contributed by atoms with van der Waals surface area (Å²) in [7, 11) is 6.61. The standard InChI is InChI=1S/C13H27.C6H5.ClH.Sb/c1-3-5-7-9-11-13-12-10-8-6-4-2;1-2-4-6-5-3-1;;/h1,3-13H2,2H3;1-5H;1H;/q;;;+1/p-1. The van der Waals surface area contributed by atoms with Gasteiger partial charge in [-0.3, -0.25) is 0 Å². The zero-order valence-corrected chi connectivity index (χ0v) is 17.0. The third-order valence-corrected chi connectivity index (χ3v) is 10.9. The average molecular weight is 418 g/mol. The minimum absolute atomic E-state index is 1.30. The van der Waals surface area contributed by atoms with E-state index in [1.807, 2.05) is 0 Å². The molecule has 0 aliphatic heterocycles. The molecule has 1 aromatic rings. The van der Waals surface area contributed by atoms with Crippen molar-refractivity contribution < 1.29 is 0 Å². The molecule has 0 N–H and O–H groups in total. The molecule has 0 saturated heterocycles. The van der Waals surface area contributed by atoms with Crippen LogP contribution in [0.4, 0.5) is 0 Å². The zero-order chi connectivity index (χ0) is 15.2. The normalized spacial score (nSPS) is 11.2. The maximum atomic E-state index is 6.61. The van der Waals surface area contributed by atoms with Crippen LogP contribution in [-0.4, -0.2) is 19.1 Å². The number of unbranched alkanes of at least 4 members (excludes halogenated alkanes) is 10. The van der Waals surface area contributed by atoms with E-state index >= 15 is 0 Å². The monoisotopic (exact) mass is 416 g/mol. The summed E-state index contributed by atoms with van der Waals surface area (Å²) >= 11 is -1.61. The molecule has 0 radical (unpaired) electrons. The molecule has 21 heavy (non-hydrogen) atoms. The van der Waals surface area contributed by atoms with Crippen molar-refractivity contribution in [1.29, 1.82) is 0 Å². The Balaban J connectivity index is 1.86. The topological polar surface area (TPSA) is 0 Å². The van der Waals surface area contributed by atoms with Gasteiger partial charge in [-0.25, -0.2) is 0 Å². The van der Waals surface area contributed by atoms with E-state index < -0.39 is 19.1 Å². The maximum absolute atomic E-state index is 6.61. The Morgan fingerprint density at radius 2 is 1.19 bits per heavy atom. The van der Waals surface area contributed by atoms with Gasteiger partial charge < -0.3 is 0 Å². The molecule has 0 heterocycles. The number of hydrogen-bond acceptors (Lipinski definition) is 0. The summed E-state index contributed by atoms with van der Waals surface area (Å²) in [4.78, 5) is 0. The van der Waals surface area contributed by atoms with Gasteiger partial charge in [-0.1, -0.05) is 6.92 Å². The van der Waals surface area contributed by atoms with Crippen LogP contribution in [0.25, 0.3) is 0 Å². The molecule has 0 bridgehead atoms. The number of benzene rings is 1. The summed E-state index contributed by atoms with van der Waals surface area (Å²) in [6.45, 7) is 2.28. The molecule has 0 spiro atoms. The van der Waals surface area contributed by atoms with Crippen molar-refractivity contribution in [2.45, 2.75) is 81.9 Å². The Kier molecular flexibility index (Phi) is 12.9. The summed E-state index contributed by atoms with van der Waals surface area (Å²) in [5.41, 5.74) is 0. The van der Waals surface area contributed by atoms with E-state index in [0.717, 1.165) is 0 Å². The van der Waals surface area contributed by atoms with Crippen molar-refractivity contribution in [2.75, 3.05) is 0 Å². The molecule has 0 saturated carbocycles. The van der Waals surface area contributed by atoms with Crippen molar-refractivity contribution in [2.24, 2.45) is 0 Å². The molecular formula is C19H32ClSb. The fourth-order valence-electron chi connectivity index (χ4n) is 2.63. The van der Waals surface area contributed by atoms with E-state index in [-0.39, 0.29) is 0 Å². The molecule has 0 aliphatic carbocycles. The zero-order valence-electron chi connectivity index (χ0n) is 13.7. The van der Waals surface area contributed by atoms with E-state index in [9.17, 15) is 0 Å². The molecular weight excluding hydrogens is 385 g/mol. The van der Waals surface area contributed by atoms with Gasteiger partial charge in [0.1, 0.15) is 0 Å². The molecule has 1 aromatic carbocycles. The summed E-state index contributed by atoms with van der Waals surface area (Å²) in [6, 6.07) is 10.8. The molecule has 2 heteroatoms. The number of hydrogen-bond donors (Lipinski definition) is 0. The van der Waals surface area contributed by atoms with Crippen molar-refractivity contribution in [1.82, 2.24) is 0 Å². The van der Waals surface area contributed by atoms with Crippen molar-refractivity contribution in [3.63, 3.8) is 0 Å². The van der Waals surface area contributed by atoms with Crippen LogP contribution < -0.4 is 3.51 Å². The Morgan fingerprint density at radius 1 is 0.714 bits per heavy atom. The van der Waals surface area contributed by atoms with Gasteiger partial charge in [-0.15, -0.1) is 0 Å². The van der Waals surface area contributed by atoms with Crippen LogP contribution in [0.3, 0.4) is 0 Å². The minimum atomic E-state index is -1.61. The second-order valence-electron chi connectivity index (χ2n) is 5.96. The summed E-state index contributed by atoms with van der Waals surface area (Å²) in [6.07, 6.45) is 15.6. The van der Waals surface area contributed by atoms with Gasteiger partial charge in [0.25, 0.3) is 0 Å². The first-order chi connectivity index (χ1) is 10.3. The molecule has 1 rings (SSSR count). The van der Waals surface area contributed by atoms with Gasteiger partial charge in [0, 0.05) is 0 Å². The second kappa shape index (κ2) is 14.0. The van der Waals surface area contributed by atoms with Gasteiger partial charge in [-0.2, -0.15) is 0 Å². The first-order valence-corrected chi connectivity index (χ1v) is 15.1. The van der Waals surface area contributed by atoms with E-state index in [1.54, 1.807) is 0 Å². The van der Waals surface area contributed by atoms with Gasteiger partial charge in [0.2, 0.25) is 0 Å². The number of rotatable bonds is 13. The van der Waals surface area contributed by atoms with Gasteiger partial charge in [-0.05, 0) is 0 Å². The molecule has 120 valence electrons. The van der Waals surface area contributed by atoms with E-state index in [4.69, 9.17) is 8.83 Å². The predicted molar refractivity (Wildman–Crippen MR) is 99.0 cm³/mol. The van der Waals surface area contributed by atoms with Gasteiger partial charge >= 0.3 is 137 Å². The van der Waals surface area contributed by atoms with Crippen LogP contribution in [0, 0.1) is 0 Å². The number of halogens is 1. The molecule has 0 aromatic heterocycles. The molecule has 0 amide bonds. The van der Waals surface area contributed by atoms with Gasteiger partial charge in [0.15, 0.2) is 0 Å². The Labute approximate surface area is 143 Å².